The number of methoxy groups -OCH3 is 1. The number of nitrogens with zero attached hydrogens (tertiary/aromatic N) is 2. The molecule has 0 amide bonds. The average Bonchev–Trinajstić information content (AvgIpc) is 2.78. The van der Waals surface area contributed by atoms with Crippen LogP contribution in [0.25, 0.3) is 32.9 Å². The van der Waals surface area contributed by atoms with E-state index in [-0.39, 0.29) is 0 Å². The van der Waals surface area contributed by atoms with E-state index in [0.717, 1.165) is 45.1 Å². The van der Waals surface area contributed by atoms with Crippen molar-refractivity contribution in [3.05, 3.63) is 65.5 Å². The van der Waals surface area contributed by atoms with Gasteiger partial charge in [0.2, 0.25) is 0 Å². The minimum atomic E-state index is -1.45. The number of rotatable bonds is 3. The van der Waals surface area contributed by atoms with E-state index in [1.54, 1.807) is 13.1 Å². The molecule has 1 atom stereocenters. The fraction of sp³-hybridized carbons (Fsp3) is 0.208. The lowest BCUT2D eigenvalue weighted by molar-refractivity contribution is -0.150. The monoisotopic (exact) mass is 400 g/mol. The zero-order valence-corrected chi connectivity index (χ0v) is 16.7. The first-order valence-corrected chi connectivity index (χ1v) is 9.79. The van der Waals surface area contributed by atoms with Crippen molar-refractivity contribution in [2.24, 2.45) is 0 Å². The van der Waals surface area contributed by atoms with Crippen LogP contribution in [0.1, 0.15) is 22.9 Å². The van der Waals surface area contributed by atoms with Crippen LogP contribution in [0.4, 0.5) is 0 Å². The van der Waals surface area contributed by atoms with Crippen LogP contribution >= 0.6 is 0 Å². The van der Waals surface area contributed by atoms with E-state index < -0.39 is 12.1 Å². The van der Waals surface area contributed by atoms with E-state index in [9.17, 15) is 9.90 Å². The van der Waals surface area contributed by atoms with Crippen molar-refractivity contribution < 1.29 is 19.4 Å². The molecule has 0 saturated heterocycles. The molecule has 0 aliphatic carbocycles. The van der Waals surface area contributed by atoms with Crippen molar-refractivity contribution >= 4 is 27.8 Å². The Morgan fingerprint density at radius 1 is 1.20 bits per heavy atom. The van der Waals surface area contributed by atoms with Gasteiger partial charge in [0.25, 0.3) is 0 Å². The molecule has 6 heteroatoms. The van der Waals surface area contributed by atoms with Crippen LogP contribution in [0.3, 0.4) is 0 Å². The molecule has 1 aliphatic rings. The summed E-state index contributed by atoms with van der Waals surface area (Å²) in [7, 11) is 1.26. The van der Waals surface area contributed by atoms with Gasteiger partial charge < -0.3 is 14.6 Å². The quantitative estimate of drug-likeness (QED) is 0.525. The van der Waals surface area contributed by atoms with Crippen molar-refractivity contribution in [2.75, 3.05) is 13.7 Å². The summed E-state index contributed by atoms with van der Waals surface area (Å²) in [5.41, 5.74) is 5.28. The summed E-state index contributed by atoms with van der Waals surface area (Å²) in [5.74, 6) is 0.0729. The van der Waals surface area contributed by atoms with Gasteiger partial charge in [0, 0.05) is 45.8 Å². The minimum absolute atomic E-state index is 0.430. The smallest absolute Gasteiger partial charge is 0.339 e. The van der Waals surface area contributed by atoms with Gasteiger partial charge in [0.15, 0.2) is 6.10 Å². The second-order valence-electron chi connectivity index (χ2n) is 7.33. The third-order valence-corrected chi connectivity index (χ3v) is 5.66. The number of fused-ring (bicyclic) bond motifs is 1. The molecule has 2 aromatic carbocycles. The first kappa shape index (κ1) is 18.5. The molecule has 0 fully saturated rings. The van der Waals surface area contributed by atoms with Gasteiger partial charge in [-0.2, -0.15) is 0 Å². The zero-order chi connectivity index (χ0) is 20.8. The van der Waals surface area contributed by atoms with E-state index in [1.807, 2.05) is 42.5 Å². The Labute approximate surface area is 173 Å². The molecule has 0 saturated carbocycles. The van der Waals surface area contributed by atoms with Crippen molar-refractivity contribution in [3.8, 4) is 16.9 Å². The highest BCUT2D eigenvalue weighted by atomic mass is 16.5. The Kier molecular flexibility index (Phi) is 4.37. The summed E-state index contributed by atoms with van der Waals surface area (Å²) >= 11 is 0. The number of esters is 1. The molecule has 150 valence electrons. The summed E-state index contributed by atoms with van der Waals surface area (Å²) < 4.78 is 10.7. The third kappa shape index (κ3) is 2.72. The molecule has 3 heterocycles. The average molecular weight is 400 g/mol. The molecule has 5 rings (SSSR count). The summed E-state index contributed by atoms with van der Waals surface area (Å²) in [4.78, 5) is 21.6. The van der Waals surface area contributed by atoms with Crippen LogP contribution in [0, 0.1) is 6.92 Å². The Morgan fingerprint density at radius 3 is 2.87 bits per heavy atom. The fourth-order valence-corrected chi connectivity index (χ4v) is 4.31. The van der Waals surface area contributed by atoms with Crippen molar-refractivity contribution in [1.29, 1.82) is 0 Å². The predicted octanol–water partition coefficient (Wildman–Crippen LogP) is 3.90. The van der Waals surface area contributed by atoms with Gasteiger partial charge >= 0.3 is 5.97 Å². The molecule has 1 aliphatic heterocycles. The number of para-hydroxylation sites is 1. The first-order chi connectivity index (χ1) is 14.6. The van der Waals surface area contributed by atoms with E-state index in [1.165, 1.54) is 12.7 Å². The maximum atomic E-state index is 12.3. The highest BCUT2D eigenvalue weighted by molar-refractivity contribution is 6.07. The van der Waals surface area contributed by atoms with Gasteiger partial charge in [-0.1, -0.05) is 18.2 Å². The molecule has 0 bridgehead atoms. The molecule has 0 radical (unpaired) electrons. The molecular weight excluding hydrogens is 380 g/mol. The summed E-state index contributed by atoms with van der Waals surface area (Å²) in [6, 6.07) is 13.6. The second kappa shape index (κ2) is 7.07. The van der Waals surface area contributed by atoms with Crippen LogP contribution < -0.4 is 4.74 Å². The number of benzene rings is 2. The first-order valence-electron chi connectivity index (χ1n) is 9.79. The molecule has 30 heavy (non-hydrogen) atoms. The summed E-state index contributed by atoms with van der Waals surface area (Å²) in [6.07, 6.45) is 1.15. The second-order valence-corrected chi connectivity index (χ2v) is 7.33. The normalized spacial score (nSPS) is 13.8. The number of aryl methyl sites for hydroxylation is 1. The zero-order valence-electron chi connectivity index (χ0n) is 16.7. The largest absolute Gasteiger partial charge is 0.493 e. The molecule has 1 N–H and O–H groups in total. The molecule has 4 aromatic rings. The summed E-state index contributed by atoms with van der Waals surface area (Å²) in [5, 5.41) is 12.7. The van der Waals surface area contributed by atoms with Gasteiger partial charge in [0.05, 0.1) is 24.8 Å². The van der Waals surface area contributed by atoms with Crippen LogP contribution in [-0.4, -0.2) is 34.8 Å². The van der Waals surface area contributed by atoms with E-state index in [0.29, 0.717) is 17.9 Å². The summed E-state index contributed by atoms with van der Waals surface area (Å²) in [6.45, 7) is 2.42. The van der Waals surface area contributed by atoms with Crippen LogP contribution in [-0.2, 0) is 16.0 Å². The molecule has 1 unspecified atom stereocenters. The number of pyridine rings is 2. The number of aromatic nitrogens is 2. The van der Waals surface area contributed by atoms with Gasteiger partial charge in [-0.05, 0) is 36.8 Å². The minimum Gasteiger partial charge on any atom is -0.493 e. The number of carbonyl (C=O) groups is 1. The lowest BCUT2D eigenvalue weighted by Gasteiger charge is -2.22. The standard InChI is InChI=1S/C24H20N2O4/c1-13-19(23(27)24(28)29-2)21(15-5-3-4-6-17(15)26-13)16-7-8-18-20-14(10-12-30-18)9-11-25-22(16)20/h3-9,11,23,27H,10,12H2,1-2H3. The Bertz CT molecular complexity index is 1310. The van der Waals surface area contributed by atoms with Gasteiger partial charge in [-0.25, -0.2) is 4.79 Å². The van der Waals surface area contributed by atoms with Crippen molar-refractivity contribution in [1.82, 2.24) is 9.97 Å². The highest BCUT2D eigenvalue weighted by Gasteiger charge is 2.28. The Balaban J connectivity index is 1.92. The molecule has 6 nitrogen and oxygen atoms in total. The number of hydrogen-bond donors (Lipinski definition) is 1. The van der Waals surface area contributed by atoms with Gasteiger partial charge in [0.1, 0.15) is 5.75 Å². The number of aliphatic hydroxyl groups is 1. The lowest BCUT2D eigenvalue weighted by Crippen LogP contribution is -2.17. The Hall–Kier alpha value is -3.51. The number of aliphatic hydroxyl groups excluding tert-OH is 1. The number of ether oxygens (including phenoxy) is 2. The van der Waals surface area contributed by atoms with E-state index >= 15 is 0 Å². The van der Waals surface area contributed by atoms with E-state index in [2.05, 4.69) is 9.97 Å². The van der Waals surface area contributed by atoms with Crippen molar-refractivity contribution in [3.63, 3.8) is 0 Å². The molecule has 0 spiro atoms. The predicted molar refractivity (Wildman–Crippen MR) is 113 cm³/mol. The number of hydrogen-bond acceptors (Lipinski definition) is 6. The highest BCUT2D eigenvalue weighted by Crippen LogP contribution is 2.43. The van der Waals surface area contributed by atoms with E-state index in [4.69, 9.17) is 9.47 Å². The third-order valence-electron chi connectivity index (χ3n) is 5.66. The van der Waals surface area contributed by atoms with Crippen molar-refractivity contribution in [2.45, 2.75) is 19.4 Å². The lowest BCUT2D eigenvalue weighted by atomic mass is 9.89. The topological polar surface area (TPSA) is 81.5 Å². The fourth-order valence-electron chi connectivity index (χ4n) is 4.31. The maximum Gasteiger partial charge on any atom is 0.339 e. The Morgan fingerprint density at radius 2 is 2.03 bits per heavy atom. The maximum absolute atomic E-state index is 12.3. The SMILES string of the molecule is COC(=O)C(O)c1c(C)nc2ccccc2c1-c1ccc2c3c(ccnc13)CCO2. The van der Waals surface area contributed by atoms with Gasteiger partial charge in [-0.3, -0.25) is 9.97 Å². The number of carbonyl (C=O) groups excluding carboxylic acids is 1. The van der Waals surface area contributed by atoms with Crippen LogP contribution in [0.5, 0.6) is 5.75 Å². The van der Waals surface area contributed by atoms with Gasteiger partial charge in [-0.15, -0.1) is 0 Å². The van der Waals surface area contributed by atoms with Crippen LogP contribution in [0.15, 0.2) is 48.7 Å². The molecule has 2 aromatic heterocycles. The van der Waals surface area contributed by atoms with Crippen LogP contribution in [0.2, 0.25) is 0 Å². The molecular formula is C24H20N2O4.